The number of likely N-dealkylation sites (N-methyl/N-ethyl adjacent to an activating group) is 1. The summed E-state index contributed by atoms with van der Waals surface area (Å²) in [6, 6.07) is 8.16. The zero-order chi connectivity index (χ0) is 17.4. The summed E-state index contributed by atoms with van der Waals surface area (Å²) in [6.07, 6.45) is 3.26. The van der Waals surface area contributed by atoms with Crippen molar-refractivity contribution in [2.24, 2.45) is 10.7 Å². The average molecular weight is 459 g/mol. The SMILES string of the molecule is CCN1CCCC1CN=C(N)NCCc1cccc(C(=O)NC)c1.I. The van der Waals surface area contributed by atoms with Crippen molar-refractivity contribution < 1.29 is 4.79 Å². The van der Waals surface area contributed by atoms with Gasteiger partial charge in [0.05, 0.1) is 6.54 Å². The molecular weight excluding hydrogens is 429 g/mol. The highest BCUT2D eigenvalue weighted by molar-refractivity contribution is 14.0. The van der Waals surface area contributed by atoms with Gasteiger partial charge in [0, 0.05) is 25.2 Å². The van der Waals surface area contributed by atoms with Crippen LogP contribution in [0.5, 0.6) is 0 Å². The number of carbonyl (C=O) groups excluding carboxylic acids is 1. The van der Waals surface area contributed by atoms with Crippen LogP contribution in [0.2, 0.25) is 0 Å². The molecule has 7 heteroatoms. The lowest BCUT2D eigenvalue weighted by atomic mass is 10.1. The number of halogens is 1. The Morgan fingerprint density at radius 3 is 2.96 bits per heavy atom. The zero-order valence-electron chi connectivity index (χ0n) is 15.1. The average Bonchev–Trinajstić information content (AvgIpc) is 3.07. The normalized spacial score (nSPS) is 17.8. The van der Waals surface area contributed by atoms with E-state index in [1.807, 2.05) is 24.3 Å². The van der Waals surface area contributed by atoms with Crippen molar-refractivity contribution in [3.8, 4) is 0 Å². The molecule has 1 atom stereocenters. The van der Waals surface area contributed by atoms with Gasteiger partial charge in [-0.2, -0.15) is 0 Å². The maximum absolute atomic E-state index is 11.6. The fourth-order valence-corrected chi connectivity index (χ4v) is 3.13. The summed E-state index contributed by atoms with van der Waals surface area (Å²) in [5, 5.41) is 5.80. The maximum Gasteiger partial charge on any atom is 0.251 e. The van der Waals surface area contributed by atoms with Gasteiger partial charge in [0.1, 0.15) is 0 Å². The van der Waals surface area contributed by atoms with Crippen molar-refractivity contribution in [2.45, 2.75) is 32.2 Å². The van der Waals surface area contributed by atoms with Crippen LogP contribution in [0.3, 0.4) is 0 Å². The molecule has 1 unspecified atom stereocenters. The van der Waals surface area contributed by atoms with Crippen molar-refractivity contribution in [3.05, 3.63) is 35.4 Å². The van der Waals surface area contributed by atoms with E-state index in [1.165, 1.54) is 19.4 Å². The molecule has 0 bridgehead atoms. The molecule has 0 saturated carbocycles. The van der Waals surface area contributed by atoms with Crippen molar-refractivity contribution in [2.75, 3.05) is 33.2 Å². The second-order valence-corrected chi connectivity index (χ2v) is 6.11. The molecule has 1 amide bonds. The number of likely N-dealkylation sites (tertiary alicyclic amines) is 1. The van der Waals surface area contributed by atoms with Crippen LogP contribution in [0.1, 0.15) is 35.7 Å². The highest BCUT2D eigenvalue weighted by Gasteiger charge is 2.22. The van der Waals surface area contributed by atoms with Crippen LogP contribution < -0.4 is 16.4 Å². The van der Waals surface area contributed by atoms with Gasteiger partial charge in [0.2, 0.25) is 0 Å². The molecule has 0 aliphatic carbocycles. The lowest BCUT2D eigenvalue weighted by Crippen LogP contribution is -2.36. The third-order valence-corrected chi connectivity index (χ3v) is 4.51. The van der Waals surface area contributed by atoms with E-state index in [0.29, 0.717) is 24.1 Å². The summed E-state index contributed by atoms with van der Waals surface area (Å²) in [5.41, 5.74) is 7.74. The highest BCUT2D eigenvalue weighted by Crippen LogP contribution is 2.16. The number of hydrogen-bond donors (Lipinski definition) is 3. The molecule has 1 aliphatic rings. The number of nitrogens with two attached hydrogens (primary N) is 1. The van der Waals surface area contributed by atoms with Crippen LogP contribution in [0.15, 0.2) is 29.3 Å². The fourth-order valence-electron chi connectivity index (χ4n) is 3.13. The number of rotatable bonds is 7. The standard InChI is InChI=1S/C18H29N5O.HI/c1-3-23-11-5-8-16(23)13-22-18(19)21-10-9-14-6-4-7-15(12-14)17(24)20-2;/h4,6-7,12,16H,3,5,8-11,13H2,1-2H3,(H,20,24)(H3,19,21,22);1H. The topological polar surface area (TPSA) is 82.8 Å². The molecule has 2 rings (SSSR count). The zero-order valence-corrected chi connectivity index (χ0v) is 17.5. The van der Waals surface area contributed by atoms with Gasteiger partial charge < -0.3 is 16.4 Å². The number of nitrogens with zero attached hydrogens (tertiary/aromatic N) is 2. The monoisotopic (exact) mass is 459 g/mol. The van der Waals surface area contributed by atoms with Crippen LogP contribution in [0.4, 0.5) is 0 Å². The molecule has 1 aliphatic heterocycles. The third-order valence-electron chi connectivity index (χ3n) is 4.51. The van der Waals surface area contributed by atoms with Gasteiger partial charge in [0.15, 0.2) is 5.96 Å². The summed E-state index contributed by atoms with van der Waals surface area (Å²) < 4.78 is 0. The summed E-state index contributed by atoms with van der Waals surface area (Å²) in [4.78, 5) is 18.6. The Bertz CT molecular complexity index is 578. The summed E-state index contributed by atoms with van der Waals surface area (Å²) >= 11 is 0. The van der Waals surface area contributed by atoms with E-state index >= 15 is 0 Å². The van der Waals surface area contributed by atoms with Crippen LogP contribution in [0.25, 0.3) is 0 Å². The summed E-state index contributed by atoms with van der Waals surface area (Å²) in [5.74, 6) is 0.434. The Kier molecular flexibility index (Phi) is 9.81. The van der Waals surface area contributed by atoms with Crippen LogP contribution in [-0.2, 0) is 6.42 Å². The highest BCUT2D eigenvalue weighted by atomic mass is 127. The molecule has 6 nitrogen and oxygen atoms in total. The number of carbonyl (C=O) groups is 1. The van der Waals surface area contributed by atoms with Crippen LogP contribution in [0, 0.1) is 0 Å². The smallest absolute Gasteiger partial charge is 0.251 e. The molecule has 1 aromatic rings. The van der Waals surface area contributed by atoms with E-state index in [4.69, 9.17) is 5.73 Å². The minimum atomic E-state index is -0.0667. The predicted molar refractivity (Wildman–Crippen MR) is 114 cm³/mol. The molecule has 1 heterocycles. The van der Waals surface area contributed by atoms with E-state index in [2.05, 4.69) is 27.4 Å². The Morgan fingerprint density at radius 1 is 1.44 bits per heavy atom. The van der Waals surface area contributed by atoms with Gasteiger partial charge >= 0.3 is 0 Å². The molecule has 0 aromatic heterocycles. The van der Waals surface area contributed by atoms with E-state index in [9.17, 15) is 4.79 Å². The number of benzene rings is 1. The van der Waals surface area contributed by atoms with E-state index in [1.54, 1.807) is 7.05 Å². The molecule has 1 fully saturated rings. The van der Waals surface area contributed by atoms with Gasteiger partial charge in [-0.25, -0.2) is 0 Å². The third kappa shape index (κ3) is 6.81. The Balaban J connectivity index is 0.00000312. The maximum atomic E-state index is 11.6. The first-order chi connectivity index (χ1) is 11.6. The van der Waals surface area contributed by atoms with Gasteiger partial charge in [-0.1, -0.05) is 19.1 Å². The summed E-state index contributed by atoms with van der Waals surface area (Å²) in [7, 11) is 1.64. The predicted octanol–water partition coefficient (Wildman–Crippen LogP) is 1.60. The van der Waals surface area contributed by atoms with Gasteiger partial charge in [0.25, 0.3) is 5.91 Å². The van der Waals surface area contributed by atoms with Gasteiger partial charge in [-0.05, 0) is 50.0 Å². The lowest BCUT2D eigenvalue weighted by molar-refractivity contribution is 0.0963. The molecule has 25 heavy (non-hydrogen) atoms. The molecule has 1 saturated heterocycles. The van der Waals surface area contributed by atoms with Gasteiger partial charge in [-0.3, -0.25) is 14.7 Å². The van der Waals surface area contributed by atoms with E-state index < -0.39 is 0 Å². The fraction of sp³-hybridized carbons (Fsp3) is 0.556. The lowest BCUT2D eigenvalue weighted by Gasteiger charge is -2.20. The first kappa shape index (κ1) is 21.7. The number of nitrogens with one attached hydrogen (secondary N) is 2. The molecule has 4 N–H and O–H groups in total. The number of amides is 1. The van der Waals surface area contributed by atoms with Crippen LogP contribution >= 0.6 is 24.0 Å². The van der Waals surface area contributed by atoms with E-state index in [-0.39, 0.29) is 29.9 Å². The number of hydrogen-bond acceptors (Lipinski definition) is 3. The second kappa shape index (κ2) is 11.3. The Hall–Kier alpha value is -1.35. The first-order valence-electron chi connectivity index (χ1n) is 8.73. The summed E-state index contributed by atoms with van der Waals surface area (Å²) in [6.45, 7) is 5.91. The number of aliphatic imine (C=N–C) groups is 1. The molecule has 140 valence electrons. The number of guanidine groups is 1. The Morgan fingerprint density at radius 2 is 2.24 bits per heavy atom. The van der Waals surface area contributed by atoms with Crippen molar-refractivity contribution in [1.29, 1.82) is 0 Å². The molecule has 0 radical (unpaired) electrons. The van der Waals surface area contributed by atoms with Crippen LogP contribution in [-0.4, -0.2) is 56.0 Å². The van der Waals surface area contributed by atoms with Crippen molar-refractivity contribution >= 4 is 35.8 Å². The minimum Gasteiger partial charge on any atom is -0.370 e. The van der Waals surface area contributed by atoms with E-state index in [0.717, 1.165) is 25.1 Å². The quantitative estimate of drug-likeness (QED) is 0.329. The van der Waals surface area contributed by atoms with Gasteiger partial charge in [-0.15, -0.1) is 24.0 Å². The van der Waals surface area contributed by atoms with Crippen molar-refractivity contribution in [3.63, 3.8) is 0 Å². The minimum absolute atomic E-state index is 0. The first-order valence-corrected chi connectivity index (χ1v) is 8.73. The molecule has 0 spiro atoms. The second-order valence-electron chi connectivity index (χ2n) is 6.11. The largest absolute Gasteiger partial charge is 0.370 e. The Labute approximate surface area is 167 Å². The molecular formula is C18H30IN5O. The van der Waals surface area contributed by atoms with Crippen molar-refractivity contribution in [1.82, 2.24) is 15.5 Å². The molecule has 1 aromatic carbocycles.